The minimum absolute atomic E-state index is 0.0156. The highest BCUT2D eigenvalue weighted by atomic mass is 16.5. The third-order valence-electron chi connectivity index (χ3n) is 3.82. The van der Waals surface area contributed by atoms with E-state index in [4.69, 9.17) is 4.42 Å². The molecule has 0 radical (unpaired) electrons. The largest absolute Gasteiger partial charge is 0.451 e. The molecule has 1 N–H and O–H groups in total. The van der Waals surface area contributed by atoms with Crippen molar-refractivity contribution in [1.82, 2.24) is 24.8 Å². The Hall–Kier alpha value is -3.10. The van der Waals surface area contributed by atoms with E-state index in [2.05, 4.69) is 19.8 Å². The van der Waals surface area contributed by atoms with E-state index < -0.39 is 5.76 Å². The van der Waals surface area contributed by atoms with E-state index in [0.717, 1.165) is 5.56 Å². The van der Waals surface area contributed by atoms with E-state index in [-0.39, 0.29) is 17.6 Å². The summed E-state index contributed by atoms with van der Waals surface area (Å²) >= 11 is 0. The quantitative estimate of drug-likeness (QED) is 0.757. The molecule has 3 aromatic heterocycles. The highest BCUT2D eigenvalue weighted by Gasteiger charge is 2.36. The molecule has 0 unspecified atom stereocenters. The molecule has 118 valence electrons. The van der Waals surface area contributed by atoms with E-state index in [0.29, 0.717) is 24.7 Å². The number of aromatic nitrogens is 4. The molecule has 9 nitrogen and oxygen atoms in total. The second kappa shape index (κ2) is 4.97. The van der Waals surface area contributed by atoms with Crippen LogP contribution in [0.5, 0.6) is 0 Å². The second-order valence-corrected chi connectivity index (χ2v) is 5.45. The van der Waals surface area contributed by atoms with Gasteiger partial charge in [-0.05, 0) is 12.1 Å². The summed E-state index contributed by atoms with van der Waals surface area (Å²) in [4.78, 5) is 27.4. The van der Waals surface area contributed by atoms with Gasteiger partial charge in [0, 0.05) is 26.3 Å². The average Bonchev–Trinajstić information content (AvgIpc) is 3.17. The van der Waals surface area contributed by atoms with Crippen molar-refractivity contribution < 1.29 is 13.7 Å². The van der Waals surface area contributed by atoms with Crippen molar-refractivity contribution >= 4 is 5.91 Å². The molecule has 0 aliphatic carbocycles. The molecule has 0 bridgehead atoms. The Balaban J connectivity index is 1.44. The lowest BCUT2D eigenvalue weighted by atomic mass is 9.99. The Morgan fingerprint density at radius 1 is 1.39 bits per heavy atom. The summed E-state index contributed by atoms with van der Waals surface area (Å²) in [7, 11) is 1.81. The number of nitrogens with one attached hydrogen (secondary N) is 1. The summed E-state index contributed by atoms with van der Waals surface area (Å²) < 4.78 is 11.7. The molecule has 0 atom stereocenters. The summed E-state index contributed by atoms with van der Waals surface area (Å²) in [5.41, 5.74) is 0.813. The molecule has 3 aromatic rings. The third kappa shape index (κ3) is 2.35. The van der Waals surface area contributed by atoms with Crippen molar-refractivity contribution in [2.24, 2.45) is 7.05 Å². The van der Waals surface area contributed by atoms with Gasteiger partial charge in [-0.2, -0.15) is 5.10 Å². The van der Waals surface area contributed by atoms with Crippen molar-refractivity contribution in [1.29, 1.82) is 0 Å². The van der Waals surface area contributed by atoms with Crippen LogP contribution in [0.2, 0.25) is 0 Å². The zero-order valence-corrected chi connectivity index (χ0v) is 12.2. The van der Waals surface area contributed by atoms with E-state index in [1.807, 2.05) is 13.2 Å². The molecule has 4 rings (SSSR count). The first-order valence-corrected chi connectivity index (χ1v) is 7.04. The molecule has 1 aliphatic heterocycles. The first-order chi connectivity index (χ1) is 11.1. The van der Waals surface area contributed by atoms with Crippen LogP contribution in [0, 0.1) is 0 Å². The van der Waals surface area contributed by atoms with Gasteiger partial charge in [-0.25, -0.2) is 4.79 Å². The lowest BCUT2D eigenvalue weighted by Gasteiger charge is -2.36. The van der Waals surface area contributed by atoms with Gasteiger partial charge < -0.3 is 9.32 Å². The number of hydrogen-bond acceptors (Lipinski definition) is 6. The van der Waals surface area contributed by atoms with Crippen molar-refractivity contribution in [3.05, 3.63) is 46.7 Å². The second-order valence-electron chi connectivity index (χ2n) is 5.45. The highest BCUT2D eigenvalue weighted by Crippen LogP contribution is 2.27. The van der Waals surface area contributed by atoms with Gasteiger partial charge in [0.15, 0.2) is 11.6 Å². The Labute approximate surface area is 129 Å². The Morgan fingerprint density at radius 3 is 2.87 bits per heavy atom. The van der Waals surface area contributed by atoms with Gasteiger partial charge >= 0.3 is 5.76 Å². The lowest BCUT2D eigenvalue weighted by Crippen LogP contribution is -2.48. The summed E-state index contributed by atoms with van der Waals surface area (Å²) in [5.74, 6) is 0.544. The molecule has 23 heavy (non-hydrogen) atoms. The predicted molar refractivity (Wildman–Crippen MR) is 76.7 cm³/mol. The summed E-state index contributed by atoms with van der Waals surface area (Å²) in [6.45, 7) is 0.925. The van der Waals surface area contributed by atoms with Crippen LogP contribution in [0.1, 0.15) is 22.3 Å². The van der Waals surface area contributed by atoms with Crippen LogP contribution >= 0.6 is 0 Å². The molecule has 0 aromatic carbocycles. The maximum absolute atomic E-state index is 12.4. The number of likely N-dealkylation sites (tertiary alicyclic amines) is 1. The van der Waals surface area contributed by atoms with Crippen LogP contribution < -0.4 is 5.76 Å². The standard InChI is InChI=1S/C14H13N5O4/c1-18-5-8(4-15-18)10-2-3-11(22-10)13(20)19-6-9(7-19)12-16-14(21)23-17-12/h2-5,9H,6-7H2,1H3,(H,16,17,21). The molecule has 1 aliphatic rings. The monoisotopic (exact) mass is 315 g/mol. The zero-order valence-electron chi connectivity index (χ0n) is 12.2. The van der Waals surface area contributed by atoms with Gasteiger partial charge in [0.2, 0.25) is 0 Å². The van der Waals surface area contributed by atoms with E-state index in [1.54, 1.807) is 27.9 Å². The number of carbonyl (C=O) groups excluding carboxylic acids is 1. The average molecular weight is 315 g/mol. The summed E-state index contributed by atoms with van der Waals surface area (Å²) in [6, 6.07) is 3.40. The van der Waals surface area contributed by atoms with Crippen LogP contribution in [-0.4, -0.2) is 43.8 Å². The highest BCUT2D eigenvalue weighted by molar-refractivity contribution is 5.92. The minimum atomic E-state index is -0.586. The first-order valence-electron chi connectivity index (χ1n) is 7.04. The fourth-order valence-electron chi connectivity index (χ4n) is 2.55. The summed E-state index contributed by atoms with van der Waals surface area (Å²) in [5, 5.41) is 7.71. The number of rotatable bonds is 3. The molecular formula is C14H13N5O4. The topological polar surface area (TPSA) is 110 Å². The number of aromatic amines is 1. The zero-order chi connectivity index (χ0) is 16.0. The van der Waals surface area contributed by atoms with Crippen molar-refractivity contribution in [2.75, 3.05) is 13.1 Å². The number of amides is 1. The van der Waals surface area contributed by atoms with Crippen LogP contribution in [0.25, 0.3) is 11.3 Å². The number of hydrogen-bond donors (Lipinski definition) is 1. The number of carbonyl (C=O) groups is 1. The SMILES string of the molecule is Cn1cc(-c2ccc(C(=O)N3CC(c4noc(=O)[nH]4)C3)o2)cn1. The Bertz CT molecular complexity index is 911. The normalized spacial score (nSPS) is 14.9. The molecule has 1 fully saturated rings. The van der Waals surface area contributed by atoms with E-state index in [9.17, 15) is 9.59 Å². The van der Waals surface area contributed by atoms with Crippen molar-refractivity contribution in [3.63, 3.8) is 0 Å². The maximum atomic E-state index is 12.4. The van der Waals surface area contributed by atoms with Crippen LogP contribution in [-0.2, 0) is 7.05 Å². The van der Waals surface area contributed by atoms with Crippen LogP contribution in [0.4, 0.5) is 0 Å². The van der Waals surface area contributed by atoms with Gasteiger partial charge in [-0.1, -0.05) is 5.16 Å². The molecule has 1 saturated heterocycles. The number of nitrogens with zero attached hydrogens (tertiary/aromatic N) is 4. The number of furan rings is 1. The van der Waals surface area contributed by atoms with Gasteiger partial charge in [0.25, 0.3) is 5.91 Å². The maximum Gasteiger partial charge on any atom is 0.438 e. The van der Waals surface area contributed by atoms with Gasteiger partial charge in [0.05, 0.1) is 17.7 Å². The lowest BCUT2D eigenvalue weighted by molar-refractivity contribution is 0.0560. The number of H-pyrrole nitrogens is 1. The van der Waals surface area contributed by atoms with E-state index in [1.165, 1.54) is 0 Å². The fourth-order valence-corrected chi connectivity index (χ4v) is 2.55. The van der Waals surface area contributed by atoms with Gasteiger partial charge in [-0.3, -0.25) is 19.0 Å². The van der Waals surface area contributed by atoms with Gasteiger partial charge in [-0.15, -0.1) is 0 Å². The molecule has 4 heterocycles. The third-order valence-corrected chi connectivity index (χ3v) is 3.82. The molecule has 1 amide bonds. The molecule has 9 heteroatoms. The number of aryl methyl sites for hydroxylation is 1. The predicted octanol–water partition coefficient (Wildman–Crippen LogP) is 0.596. The Morgan fingerprint density at radius 2 is 2.22 bits per heavy atom. The van der Waals surface area contributed by atoms with Crippen LogP contribution in [0.15, 0.2) is 38.3 Å². The molecular weight excluding hydrogens is 302 g/mol. The van der Waals surface area contributed by atoms with Gasteiger partial charge in [0.1, 0.15) is 5.76 Å². The minimum Gasteiger partial charge on any atom is -0.451 e. The van der Waals surface area contributed by atoms with Crippen molar-refractivity contribution in [2.45, 2.75) is 5.92 Å². The summed E-state index contributed by atoms with van der Waals surface area (Å²) in [6.07, 6.45) is 3.49. The van der Waals surface area contributed by atoms with Crippen LogP contribution in [0.3, 0.4) is 0 Å². The van der Waals surface area contributed by atoms with Crippen molar-refractivity contribution in [3.8, 4) is 11.3 Å². The first kappa shape index (κ1) is 13.6. The Kier molecular flexibility index (Phi) is 2.93. The smallest absolute Gasteiger partial charge is 0.438 e. The molecule has 0 spiro atoms. The van der Waals surface area contributed by atoms with E-state index >= 15 is 0 Å². The molecule has 0 saturated carbocycles. The fraction of sp³-hybridized carbons (Fsp3) is 0.286.